The van der Waals surface area contributed by atoms with E-state index in [1.165, 1.54) is 0 Å². The number of H-pyrrole nitrogens is 1. The number of aliphatic hydroxyl groups is 1. The fourth-order valence-electron chi connectivity index (χ4n) is 1.19. The lowest BCUT2D eigenvalue weighted by atomic mass is 10.1. The van der Waals surface area contributed by atoms with Crippen molar-refractivity contribution in [1.29, 1.82) is 0 Å². The van der Waals surface area contributed by atoms with Gasteiger partial charge in [-0.25, -0.2) is 0 Å². The number of aromatic nitrogens is 2. The lowest BCUT2D eigenvalue weighted by Crippen LogP contribution is -1.83. The van der Waals surface area contributed by atoms with Gasteiger partial charge in [0, 0.05) is 10.9 Å². The number of halogens is 1. The van der Waals surface area contributed by atoms with Crippen LogP contribution in [0, 0.1) is 0 Å². The molecular formula is C8H7ClN2O. The van der Waals surface area contributed by atoms with E-state index in [9.17, 15) is 0 Å². The minimum absolute atomic E-state index is 0.0154. The van der Waals surface area contributed by atoms with Gasteiger partial charge >= 0.3 is 0 Å². The minimum Gasteiger partial charge on any atom is -0.392 e. The number of hydrogen-bond acceptors (Lipinski definition) is 2. The summed E-state index contributed by atoms with van der Waals surface area (Å²) in [5, 5.41) is 16.9. The Kier molecular flexibility index (Phi) is 1.75. The number of hydrogen-bond donors (Lipinski definition) is 2. The molecular weight excluding hydrogens is 176 g/mol. The number of para-hydroxylation sites is 1. The summed E-state index contributed by atoms with van der Waals surface area (Å²) in [6.45, 7) is -0.0154. The molecule has 2 aromatic rings. The van der Waals surface area contributed by atoms with Crippen molar-refractivity contribution in [2.75, 3.05) is 0 Å². The summed E-state index contributed by atoms with van der Waals surface area (Å²) in [6, 6.07) is 5.52. The topological polar surface area (TPSA) is 48.9 Å². The van der Waals surface area contributed by atoms with Crippen molar-refractivity contribution < 1.29 is 5.11 Å². The summed E-state index contributed by atoms with van der Waals surface area (Å²) in [6.07, 6.45) is 0. The van der Waals surface area contributed by atoms with Crippen LogP contribution in [0.1, 0.15) is 5.56 Å². The van der Waals surface area contributed by atoms with Gasteiger partial charge in [0.05, 0.1) is 12.1 Å². The molecule has 0 spiro atoms. The summed E-state index contributed by atoms with van der Waals surface area (Å²) in [4.78, 5) is 0. The Morgan fingerprint density at radius 2 is 2.33 bits per heavy atom. The van der Waals surface area contributed by atoms with E-state index < -0.39 is 0 Å². The van der Waals surface area contributed by atoms with Gasteiger partial charge in [0.1, 0.15) is 5.15 Å². The van der Waals surface area contributed by atoms with E-state index in [-0.39, 0.29) is 6.61 Å². The maximum Gasteiger partial charge on any atom is 0.132 e. The Balaban J connectivity index is 2.81. The number of nitrogens with one attached hydrogen (secondary N) is 1. The van der Waals surface area contributed by atoms with Crippen molar-refractivity contribution >= 4 is 22.5 Å². The zero-order valence-electron chi connectivity index (χ0n) is 6.21. The molecule has 2 rings (SSSR count). The van der Waals surface area contributed by atoms with Crippen LogP contribution in [-0.4, -0.2) is 15.3 Å². The molecule has 0 aliphatic rings. The van der Waals surface area contributed by atoms with Crippen molar-refractivity contribution in [1.82, 2.24) is 10.2 Å². The second-order valence-corrected chi connectivity index (χ2v) is 2.89. The lowest BCUT2D eigenvalue weighted by Gasteiger charge is -1.94. The lowest BCUT2D eigenvalue weighted by molar-refractivity contribution is 0.283. The van der Waals surface area contributed by atoms with E-state index in [0.717, 1.165) is 16.5 Å². The molecule has 0 saturated carbocycles. The van der Waals surface area contributed by atoms with Crippen molar-refractivity contribution in [2.45, 2.75) is 6.61 Å². The fourth-order valence-corrected chi connectivity index (χ4v) is 1.39. The number of aromatic amines is 1. The van der Waals surface area contributed by atoms with Crippen molar-refractivity contribution in [3.8, 4) is 0 Å². The van der Waals surface area contributed by atoms with E-state index >= 15 is 0 Å². The van der Waals surface area contributed by atoms with Gasteiger partial charge in [-0.05, 0) is 6.07 Å². The van der Waals surface area contributed by atoms with E-state index in [0.29, 0.717) is 5.15 Å². The molecule has 0 radical (unpaired) electrons. The minimum atomic E-state index is -0.0154. The average molecular weight is 183 g/mol. The van der Waals surface area contributed by atoms with Crippen molar-refractivity contribution in [3.05, 3.63) is 28.9 Å². The maximum absolute atomic E-state index is 8.95. The van der Waals surface area contributed by atoms with Gasteiger partial charge in [0.15, 0.2) is 0 Å². The first-order chi connectivity index (χ1) is 5.83. The van der Waals surface area contributed by atoms with Crippen LogP contribution in [0.4, 0.5) is 0 Å². The Morgan fingerprint density at radius 3 is 3.08 bits per heavy atom. The highest BCUT2D eigenvalue weighted by atomic mass is 35.5. The molecule has 62 valence electrons. The molecule has 0 amide bonds. The first-order valence-corrected chi connectivity index (χ1v) is 3.93. The maximum atomic E-state index is 8.95. The molecule has 12 heavy (non-hydrogen) atoms. The van der Waals surface area contributed by atoms with Crippen LogP contribution in [0.5, 0.6) is 0 Å². The quantitative estimate of drug-likeness (QED) is 0.706. The van der Waals surface area contributed by atoms with Gasteiger partial charge < -0.3 is 5.11 Å². The van der Waals surface area contributed by atoms with Gasteiger partial charge in [-0.1, -0.05) is 23.7 Å². The van der Waals surface area contributed by atoms with E-state index in [2.05, 4.69) is 10.2 Å². The van der Waals surface area contributed by atoms with Crippen LogP contribution in [0.15, 0.2) is 18.2 Å². The zero-order valence-corrected chi connectivity index (χ0v) is 6.97. The highest BCUT2D eigenvalue weighted by molar-refractivity contribution is 6.34. The molecule has 0 fully saturated rings. The van der Waals surface area contributed by atoms with Crippen LogP contribution in [0.3, 0.4) is 0 Å². The summed E-state index contributed by atoms with van der Waals surface area (Å²) in [5.74, 6) is 0. The summed E-state index contributed by atoms with van der Waals surface area (Å²) >= 11 is 5.80. The number of aliphatic hydroxyl groups excluding tert-OH is 1. The van der Waals surface area contributed by atoms with Gasteiger partial charge in [0.25, 0.3) is 0 Å². The van der Waals surface area contributed by atoms with E-state index in [1.54, 1.807) is 0 Å². The molecule has 0 unspecified atom stereocenters. The average Bonchev–Trinajstić information content (AvgIpc) is 2.48. The molecule has 1 aromatic heterocycles. The first-order valence-electron chi connectivity index (χ1n) is 3.55. The predicted octanol–water partition coefficient (Wildman–Crippen LogP) is 1.71. The van der Waals surface area contributed by atoms with Crippen molar-refractivity contribution in [3.63, 3.8) is 0 Å². The van der Waals surface area contributed by atoms with Crippen LogP contribution < -0.4 is 0 Å². The summed E-state index contributed by atoms with van der Waals surface area (Å²) in [5.41, 5.74) is 1.53. The Bertz CT molecular complexity index is 410. The fraction of sp³-hybridized carbons (Fsp3) is 0.125. The number of benzene rings is 1. The number of rotatable bonds is 1. The van der Waals surface area contributed by atoms with Crippen LogP contribution in [-0.2, 0) is 6.61 Å². The molecule has 2 N–H and O–H groups in total. The summed E-state index contributed by atoms with van der Waals surface area (Å²) in [7, 11) is 0. The smallest absolute Gasteiger partial charge is 0.132 e. The molecule has 1 heterocycles. The molecule has 0 bridgehead atoms. The van der Waals surface area contributed by atoms with Crippen LogP contribution >= 0.6 is 11.6 Å². The zero-order chi connectivity index (χ0) is 8.55. The monoisotopic (exact) mass is 182 g/mol. The Hall–Kier alpha value is -1.06. The number of nitrogens with zero attached hydrogens (tertiary/aromatic N) is 1. The van der Waals surface area contributed by atoms with Gasteiger partial charge in [-0.15, -0.1) is 0 Å². The Labute approximate surface area is 74.0 Å². The van der Waals surface area contributed by atoms with Crippen LogP contribution in [0.2, 0.25) is 5.15 Å². The van der Waals surface area contributed by atoms with Gasteiger partial charge in [0.2, 0.25) is 0 Å². The predicted molar refractivity (Wildman–Crippen MR) is 47.0 cm³/mol. The second-order valence-electron chi connectivity index (χ2n) is 2.51. The molecule has 1 aromatic carbocycles. The highest BCUT2D eigenvalue weighted by Crippen LogP contribution is 2.22. The van der Waals surface area contributed by atoms with Gasteiger partial charge in [-0.3, -0.25) is 5.10 Å². The molecule has 0 aliphatic heterocycles. The molecule has 0 saturated heterocycles. The van der Waals surface area contributed by atoms with E-state index in [1.807, 2.05) is 18.2 Å². The standard InChI is InChI=1S/C8H7ClN2O/c9-8-6-3-1-2-5(4-12)7(6)10-11-8/h1-3,12H,4H2,(H,10,11). The third kappa shape index (κ3) is 0.983. The van der Waals surface area contributed by atoms with Crippen molar-refractivity contribution in [2.24, 2.45) is 0 Å². The van der Waals surface area contributed by atoms with Gasteiger partial charge in [-0.2, -0.15) is 5.10 Å². The van der Waals surface area contributed by atoms with E-state index in [4.69, 9.17) is 16.7 Å². The normalized spacial score (nSPS) is 10.8. The van der Waals surface area contributed by atoms with Crippen LogP contribution in [0.25, 0.3) is 10.9 Å². The largest absolute Gasteiger partial charge is 0.392 e. The molecule has 4 heteroatoms. The SMILES string of the molecule is OCc1cccc2c(Cl)[nH]nc12. The molecule has 0 atom stereocenters. The molecule has 3 nitrogen and oxygen atoms in total. The second kappa shape index (κ2) is 2.77. The highest BCUT2D eigenvalue weighted by Gasteiger charge is 2.05. The third-order valence-corrected chi connectivity index (χ3v) is 2.08. The molecule has 0 aliphatic carbocycles. The summed E-state index contributed by atoms with van der Waals surface area (Å²) < 4.78 is 0. The number of fused-ring (bicyclic) bond motifs is 1. The third-order valence-electron chi connectivity index (χ3n) is 1.79. The first kappa shape index (κ1) is 7.58. The Morgan fingerprint density at radius 1 is 1.50 bits per heavy atom.